The molecule has 13 heteroatoms. The SMILES string of the molecule is COC(=O)CN(CCCF)c1c(-c2cccc3c2OC(F)(F)O3)c(Cl)nc2[n+]1=NCN=2. The van der Waals surface area contributed by atoms with Crippen LogP contribution in [0.4, 0.5) is 19.0 Å². The Balaban J connectivity index is 1.97. The van der Waals surface area contributed by atoms with Crippen molar-refractivity contribution in [3.8, 4) is 22.6 Å². The lowest BCUT2D eigenvalue weighted by molar-refractivity contribution is -0.549. The fourth-order valence-corrected chi connectivity index (χ4v) is 3.56. The van der Waals surface area contributed by atoms with Crippen LogP contribution >= 0.6 is 11.6 Å². The average Bonchev–Trinajstić information content (AvgIpc) is 3.31. The summed E-state index contributed by atoms with van der Waals surface area (Å²) in [7, 11) is 1.21. The normalized spacial score (nSPS) is 15.1. The fourth-order valence-electron chi connectivity index (χ4n) is 3.30. The highest BCUT2D eigenvalue weighted by Crippen LogP contribution is 2.49. The number of alkyl halides is 3. The van der Waals surface area contributed by atoms with E-state index in [2.05, 4.69) is 19.8 Å². The zero-order valence-electron chi connectivity index (χ0n) is 16.1. The van der Waals surface area contributed by atoms with Crippen molar-refractivity contribution in [1.29, 1.82) is 0 Å². The lowest BCUT2D eigenvalue weighted by Crippen LogP contribution is -2.46. The van der Waals surface area contributed by atoms with Gasteiger partial charge < -0.3 is 14.2 Å². The van der Waals surface area contributed by atoms with Crippen LogP contribution in [-0.2, 0) is 9.53 Å². The fraction of sp³-hybridized carbons (Fsp3) is 0.389. The van der Waals surface area contributed by atoms with Gasteiger partial charge in [0.2, 0.25) is 17.6 Å². The highest BCUT2D eigenvalue weighted by molar-refractivity contribution is 6.32. The summed E-state index contributed by atoms with van der Waals surface area (Å²) < 4.78 is 55.8. The first-order chi connectivity index (χ1) is 14.8. The van der Waals surface area contributed by atoms with Gasteiger partial charge in [-0.3, -0.25) is 9.29 Å². The second kappa shape index (κ2) is 8.17. The van der Waals surface area contributed by atoms with Crippen molar-refractivity contribution < 1.29 is 36.5 Å². The number of fused-ring (bicyclic) bond motifs is 2. The van der Waals surface area contributed by atoms with Crippen LogP contribution in [-0.4, -0.2) is 50.8 Å². The van der Waals surface area contributed by atoms with Crippen LogP contribution in [0, 0.1) is 0 Å². The number of para-hydroxylation sites is 1. The number of nitrogens with zero attached hydrogens (tertiary/aromatic N) is 5. The zero-order valence-corrected chi connectivity index (χ0v) is 16.9. The first-order valence-corrected chi connectivity index (χ1v) is 9.50. The summed E-state index contributed by atoms with van der Waals surface area (Å²) in [6, 6.07) is 4.28. The molecule has 164 valence electrons. The molecule has 0 saturated heterocycles. The molecule has 0 atom stereocenters. The molecule has 3 heterocycles. The van der Waals surface area contributed by atoms with Crippen LogP contribution in [0.1, 0.15) is 6.42 Å². The Morgan fingerprint density at radius 2 is 2.19 bits per heavy atom. The van der Waals surface area contributed by atoms with Crippen molar-refractivity contribution in [3.63, 3.8) is 0 Å². The Kier molecular flexibility index (Phi) is 5.56. The Morgan fingerprint density at radius 1 is 1.39 bits per heavy atom. The molecule has 0 amide bonds. The van der Waals surface area contributed by atoms with Crippen molar-refractivity contribution in [2.75, 3.05) is 38.4 Å². The van der Waals surface area contributed by atoms with E-state index in [0.29, 0.717) is 0 Å². The molecule has 9 nitrogen and oxygen atoms in total. The molecule has 0 fully saturated rings. The number of hydrogen-bond donors (Lipinski definition) is 0. The predicted octanol–water partition coefficient (Wildman–Crippen LogP) is 1.97. The standard InChI is InChI=1S/C18H16ClF3N5O4/c1-29-12(28)8-26(7-3-6-20)16-13(15(19)25-17-23-9-24-27(16)17)10-4-2-5-11-14(10)31-18(21,22)30-11/h2,4-5H,3,6-9H2,1H3/q+1. The Morgan fingerprint density at radius 3 is 2.94 bits per heavy atom. The van der Waals surface area contributed by atoms with Gasteiger partial charge in [0.1, 0.15) is 5.56 Å². The maximum absolute atomic E-state index is 13.8. The topological polar surface area (TPSA) is 91.5 Å². The molecule has 0 saturated carbocycles. The lowest BCUT2D eigenvalue weighted by Gasteiger charge is -2.21. The number of ether oxygens (including phenoxy) is 3. The smallest absolute Gasteiger partial charge is 0.467 e. The first kappa shape index (κ1) is 21.1. The summed E-state index contributed by atoms with van der Waals surface area (Å²) in [6.45, 7) is -0.804. The second-order valence-electron chi connectivity index (χ2n) is 6.49. The number of benzene rings is 1. The maximum Gasteiger partial charge on any atom is 0.586 e. The number of halogens is 4. The molecule has 1 aromatic heterocycles. The number of esters is 1. The largest absolute Gasteiger partial charge is 0.586 e. The predicted molar refractivity (Wildman–Crippen MR) is 99.8 cm³/mol. The van der Waals surface area contributed by atoms with Crippen LogP contribution in [0.3, 0.4) is 0 Å². The summed E-state index contributed by atoms with van der Waals surface area (Å²) in [5.74, 6) is -0.842. The number of carbonyl (C=O) groups is 1. The third-order valence-electron chi connectivity index (χ3n) is 4.54. The van der Waals surface area contributed by atoms with E-state index in [9.17, 15) is 18.0 Å². The van der Waals surface area contributed by atoms with Crippen molar-refractivity contribution in [2.45, 2.75) is 12.7 Å². The van der Waals surface area contributed by atoms with E-state index in [0.717, 1.165) is 0 Å². The van der Waals surface area contributed by atoms with Crippen LogP contribution < -0.4 is 24.4 Å². The van der Waals surface area contributed by atoms with Gasteiger partial charge in [0.15, 0.2) is 18.0 Å². The van der Waals surface area contributed by atoms with Crippen molar-refractivity contribution in [1.82, 2.24) is 4.98 Å². The molecular weight excluding hydrogens is 443 g/mol. The molecular formula is C18H16ClF3N5O4+. The number of hydrogen-bond acceptors (Lipinski definition) is 8. The summed E-state index contributed by atoms with van der Waals surface area (Å²) in [5, 5.41) is 4.14. The Hall–Kier alpha value is -3.15. The van der Waals surface area contributed by atoms with Crippen LogP contribution in [0.25, 0.3) is 11.1 Å². The van der Waals surface area contributed by atoms with Gasteiger partial charge in [-0.15, -0.1) is 18.9 Å². The summed E-state index contributed by atoms with van der Waals surface area (Å²) in [5.41, 5.74) is 0.427. The van der Waals surface area contributed by atoms with Crippen LogP contribution in [0.2, 0.25) is 5.15 Å². The van der Waals surface area contributed by atoms with E-state index in [1.54, 1.807) is 0 Å². The zero-order chi connectivity index (χ0) is 22.2. The van der Waals surface area contributed by atoms with Crippen LogP contribution in [0.15, 0.2) is 28.3 Å². The van der Waals surface area contributed by atoms with Gasteiger partial charge in [-0.05, 0) is 23.7 Å². The van der Waals surface area contributed by atoms with Gasteiger partial charge in [-0.2, -0.15) is 0 Å². The van der Waals surface area contributed by atoms with E-state index in [1.165, 1.54) is 34.6 Å². The Labute approximate surface area is 178 Å². The van der Waals surface area contributed by atoms with Gasteiger partial charge in [0, 0.05) is 12.0 Å². The quantitative estimate of drug-likeness (QED) is 0.358. The molecule has 4 rings (SSSR count). The van der Waals surface area contributed by atoms with Crippen LogP contribution in [0.5, 0.6) is 11.5 Å². The van der Waals surface area contributed by atoms with E-state index in [-0.39, 0.29) is 65.4 Å². The molecule has 0 radical (unpaired) electrons. The monoisotopic (exact) mass is 458 g/mol. The summed E-state index contributed by atoms with van der Waals surface area (Å²) in [6.07, 6.45) is -3.78. The Bertz CT molecular complexity index is 1160. The van der Waals surface area contributed by atoms with Gasteiger partial charge in [0.25, 0.3) is 0 Å². The minimum Gasteiger partial charge on any atom is -0.467 e. The average molecular weight is 459 g/mol. The van der Waals surface area contributed by atoms with Gasteiger partial charge >= 0.3 is 17.9 Å². The third kappa shape index (κ3) is 3.94. The first-order valence-electron chi connectivity index (χ1n) is 9.12. The maximum atomic E-state index is 13.8. The molecule has 0 spiro atoms. The number of anilines is 1. The molecule has 0 unspecified atom stereocenters. The van der Waals surface area contributed by atoms with Gasteiger partial charge in [0.05, 0.1) is 20.3 Å². The minimum absolute atomic E-state index is 0.0412. The number of carbonyl (C=O) groups excluding carboxylic acids is 1. The second-order valence-corrected chi connectivity index (χ2v) is 6.85. The molecule has 31 heavy (non-hydrogen) atoms. The highest BCUT2D eigenvalue weighted by atomic mass is 35.5. The van der Waals surface area contributed by atoms with Crippen molar-refractivity contribution in [3.05, 3.63) is 29.0 Å². The summed E-state index contributed by atoms with van der Waals surface area (Å²) in [4.78, 5) is 21.8. The molecule has 2 aliphatic heterocycles. The molecule has 0 aliphatic carbocycles. The van der Waals surface area contributed by atoms with E-state index >= 15 is 0 Å². The molecule has 2 aliphatic rings. The van der Waals surface area contributed by atoms with Crippen molar-refractivity contribution >= 4 is 23.4 Å². The van der Waals surface area contributed by atoms with E-state index < -0.39 is 18.9 Å². The highest BCUT2D eigenvalue weighted by Gasteiger charge is 2.45. The number of rotatable bonds is 7. The van der Waals surface area contributed by atoms with Gasteiger partial charge in [-0.1, -0.05) is 15.4 Å². The van der Waals surface area contributed by atoms with E-state index in [4.69, 9.17) is 21.1 Å². The minimum atomic E-state index is -3.86. The summed E-state index contributed by atoms with van der Waals surface area (Å²) >= 11 is 6.44. The van der Waals surface area contributed by atoms with E-state index in [1.807, 2.05) is 0 Å². The van der Waals surface area contributed by atoms with Gasteiger partial charge in [-0.25, -0.2) is 4.79 Å². The molecule has 0 N–H and O–H groups in total. The van der Waals surface area contributed by atoms with Crippen molar-refractivity contribution in [2.24, 2.45) is 10.1 Å². The number of aromatic nitrogens is 2. The molecule has 2 aromatic rings. The lowest BCUT2D eigenvalue weighted by atomic mass is 10.1. The molecule has 0 bridgehead atoms. The number of methoxy groups -OCH3 is 1. The molecule has 1 aromatic carbocycles. The third-order valence-corrected chi connectivity index (χ3v) is 4.82.